The number of hydrogen-bond donors (Lipinski definition) is 1. The zero-order valence-corrected chi connectivity index (χ0v) is 17.2. The lowest BCUT2D eigenvalue weighted by molar-refractivity contribution is 0.00864. The number of aryl methyl sites for hydroxylation is 1. The van der Waals surface area contributed by atoms with Crippen LogP contribution in [0.25, 0.3) is 11.0 Å². The van der Waals surface area contributed by atoms with Gasteiger partial charge in [-0.25, -0.2) is 17.8 Å². The average molecular weight is 418 g/mol. The number of imidazole rings is 1. The van der Waals surface area contributed by atoms with Crippen molar-refractivity contribution in [2.24, 2.45) is 0 Å². The number of H-pyrrole nitrogens is 1. The Kier molecular flexibility index (Phi) is 5.42. The summed E-state index contributed by atoms with van der Waals surface area (Å²) in [5, 5.41) is 0. The van der Waals surface area contributed by atoms with Crippen LogP contribution in [0.1, 0.15) is 17.0 Å². The number of aromatic amines is 1. The van der Waals surface area contributed by atoms with E-state index in [1.54, 1.807) is 24.3 Å². The van der Waals surface area contributed by atoms with Crippen molar-refractivity contribution in [2.45, 2.75) is 37.2 Å². The molecule has 1 saturated heterocycles. The molecule has 0 bridgehead atoms. The van der Waals surface area contributed by atoms with Crippen molar-refractivity contribution < 1.29 is 17.5 Å². The minimum absolute atomic E-state index is 0.232. The number of halogens is 1. The summed E-state index contributed by atoms with van der Waals surface area (Å²) >= 11 is 0. The van der Waals surface area contributed by atoms with E-state index in [4.69, 9.17) is 4.74 Å². The van der Waals surface area contributed by atoms with Gasteiger partial charge in [0.15, 0.2) is 9.84 Å². The summed E-state index contributed by atoms with van der Waals surface area (Å²) < 4.78 is 43.4. The Morgan fingerprint density at radius 1 is 1.21 bits per heavy atom. The van der Waals surface area contributed by atoms with Crippen LogP contribution in [0.15, 0.2) is 47.4 Å². The van der Waals surface area contributed by atoms with Crippen LogP contribution >= 0.6 is 0 Å². The number of fused-ring (bicyclic) bond motifs is 1. The highest BCUT2D eigenvalue weighted by atomic mass is 32.2. The molecule has 2 aromatic carbocycles. The van der Waals surface area contributed by atoms with Crippen LogP contribution in [-0.2, 0) is 27.7 Å². The zero-order valence-electron chi connectivity index (χ0n) is 16.4. The van der Waals surface area contributed by atoms with Gasteiger partial charge < -0.3 is 9.72 Å². The third-order valence-corrected chi connectivity index (χ3v) is 6.28. The van der Waals surface area contributed by atoms with Crippen molar-refractivity contribution in [2.75, 3.05) is 19.3 Å². The SMILES string of the molecule is Cc1ccc2nc(CO[C@H]3CN(Cc4ccc(S(C)(=O)=O)cc4)C[C@H]3F)[nH]c2c1. The standard InChI is InChI=1S/C21H24FN3O3S/c1-14-3-8-18-19(9-14)24-21(23-18)13-28-20-12-25(11-17(20)22)10-15-4-6-16(7-5-15)29(2,26)27/h3-9,17,20H,10-13H2,1-2H3,(H,23,24)/t17-,20+/m1/s1. The van der Waals surface area contributed by atoms with Crippen LogP contribution in [-0.4, -0.2) is 54.9 Å². The third-order valence-electron chi connectivity index (χ3n) is 5.15. The first-order chi connectivity index (χ1) is 13.8. The molecule has 4 rings (SSSR count). The molecule has 1 N–H and O–H groups in total. The lowest BCUT2D eigenvalue weighted by Gasteiger charge is -2.16. The number of nitrogens with one attached hydrogen (secondary N) is 1. The van der Waals surface area contributed by atoms with Crippen LogP contribution < -0.4 is 0 Å². The van der Waals surface area contributed by atoms with E-state index in [9.17, 15) is 12.8 Å². The van der Waals surface area contributed by atoms with Crippen LogP contribution in [0.2, 0.25) is 0 Å². The monoisotopic (exact) mass is 417 g/mol. The molecular weight excluding hydrogens is 393 g/mol. The van der Waals surface area contributed by atoms with Crippen LogP contribution in [0, 0.1) is 6.92 Å². The van der Waals surface area contributed by atoms with Crippen LogP contribution in [0.3, 0.4) is 0 Å². The lowest BCUT2D eigenvalue weighted by Crippen LogP contribution is -2.24. The summed E-state index contributed by atoms with van der Waals surface area (Å²) in [6.07, 6.45) is -0.404. The fourth-order valence-corrected chi connectivity index (χ4v) is 4.26. The molecule has 154 valence electrons. The molecule has 3 aromatic rings. The predicted octanol–water partition coefficient (Wildman–Crippen LogP) is 3.01. The number of alkyl halides is 1. The normalized spacial score (nSPS) is 20.5. The van der Waals surface area contributed by atoms with E-state index in [0.29, 0.717) is 18.9 Å². The van der Waals surface area contributed by atoms with Crippen molar-refractivity contribution in [1.29, 1.82) is 0 Å². The predicted molar refractivity (Wildman–Crippen MR) is 109 cm³/mol. The Balaban J connectivity index is 1.34. The van der Waals surface area contributed by atoms with E-state index in [0.717, 1.165) is 22.2 Å². The highest BCUT2D eigenvalue weighted by Gasteiger charge is 2.33. The van der Waals surface area contributed by atoms with Gasteiger partial charge in [0.25, 0.3) is 0 Å². The number of rotatable bonds is 6. The maximum absolute atomic E-state index is 14.4. The van der Waals surface area contributed by atoms with Crippen molar-refractivity contribution in [3.63, 3.8) is 0 Å². The molecule has 2 atom stereocenters. The molecule has 0 amide bonds. The molecule has 1 aliphatic heterocycles. The fraction of sp³-hybridized carbons (Fsp3) is 0.381. The number of ether oxygens (including phenoxy) is 1. The number of sulfone groups is 1. The van der Waals surface area contributed by atoms with Crippen LogP contribution in [0.5, 0.6) is 0 Å². The van der Waals surface area contributed by atoms with E-state index >= 15 is 0 Å². The number of nitrogens with zero attached hydrogens (tertiary/aromatic N) is 2. The summed E-state index contributed by atoms with van der Waals surface area (Å²) in [4.78, 5) is 9.98. The summed E-state index contributed by atoms with van der Waals surface area (Å²) in [5.74, 6) is 0.688. The van der Waals surface area contributed by atoms with Crippen molar-refractivity contribution in [3.05, 3.63) is 59.4 Å². The minimum atomic E-state index is -3.21. The molecule has 29 heavy (non-hydrogen) atoms. The summed E-state index contributed by atoms with van der Waals surface area (Å²) in [6, 6.07) is 12.7. The average Bonchev–Trinajstić information content (AvgIpc) is 3.21. The van der Waals surface area contributed by atoms with Gasteiger partial charge >= 0.3 is 0 Å². The van der Waals surface area contributed by atoms with E-state index in [1.165, 1.54) is 6.26 Å². The zero-order chi connectivity index (χ0) is 20.6. The summed E-state index contributed by atoms with van der Waals surface area (Å²) in [7, 11) is -3.21. The van der Waals surface area contributed by atoms with Gasteiger partial charge in [-0.15, -0.1) is 0 Å². The molecule has 1 aliphatic rings. The van der Waals surface area contributed by atoms with Gasteiger partial charge in [-0.05, 0) is 42.3 Å². The Labute approximate surface area is 169 Å². The molecule has 0 aliphatic carbocycles. The number of benzene rings is 2. The second-order valence-corrected chi connectivity index (χ2v) is 9.70. The summed E-state index contributed by atoms with van der Waals surface area (Å²) in [5.41, 5.74) is 3.91. The quantitative estimate of drug-likeness (QED) is 0.667. The third kappa shape index (κ3) is 4.66. The number of aromatic nitrogens is 2. The first-order valence-electron chi connectivity index (χ1n) is 9.50. The molecule has 0 unspecified atom stereocenters. The Morgan fingerprint density at radius 3 is 2.69 bits per heavy atom. The molecule has 2 heterocycles. The Bertz CT molecular complexity index is 1110. The van der Waals surface area contributed by atoms with Gasteiger partial charge in [0.1, 0.15) is 24.7 Å². The molecule has 6 nitrogen and oxygen atoms in total. The maximum Gasteiger partial charge on any atom is 0.175 e. The largest absolute Gasteiger partial charge is 0.366 e. The Hall–Kier alpha value is -2.29. The second-order valence-electron chi connectivity index (χ2n) is 7.68. The molecule has 0 saturated carbocycles. The highest BCUT2D eigenvalue weighted by molar-refractivity contribution is 7.90. The number of likely N-dealkylation sites (tertiary alicyclic amines) is 1. The van der Waals surface area contributed by atoms with Gasteiger partial charge in [-0.1, -0.05) is 18.2 Å². The fourth-order valence-electron chi connectivity index (χ4n) is 3.62. The topological polar surface area (TPSA) is 75.3 Å². The molecule has 1 aromatic heterocycles. The van der Waals surface area contributed by atoms with E-state index in [2.05, 4.69) is 9.97 Å². The van der Waals surface area contributed by atoms with Gasteiger partial charge in [-0.2, -0.15) is 0 Å². The molecule has 0 radical (unpaired) electrons. The van der Waals surface area contributed by atoms with Gasteiger partial charge in [0.2, 0.25) is 0 Å². The maximum atomic E-state index is 14.4. The van der Waals surface area contributed by atoms with E-state index in [1.807, 2.05) is 30.0 Å². The van der Waals surface area contributed by atoms with Crippen molar-refractivity contribution >= 4 is 20.9 Å². The van der Waals surface area contributed by atoms with E-state index in [-0.39, 0.29) is 18.0 Å². The summed E-state index contributed by atoms with van der Waals surface area (Å²) in [6.45, 7) is 3.57. The van der Waals surface area contributed by atoms with Crippen molar-refractivity contribution in [3.8, 4) is 0 Å². The van der Waals surface area contributed by atoms with Gasteiger partial charge in [0.05, 0.1) is 15.9 Å². The molecule has 8 heteroatoms. The highest BCUT2D eigenvalue weighted by Crippen LogP contribution is 2.21. The molecule has 1 fully saturated rings. The van der Waals surface area contributed by atoms with Gasteiger partial charge in [0, 0.05) is 25.9 Å². The first kappa shape index (κ1) is 20.0. The van der Waals surface area contributed by atoms with Gasteiger partial charge in [-0.3, -0.25) is 4.90 Å². The first-order valence-corrected chi connectivity index (χ1v) is 11.4. The molecular formula is C21H24FN3O3S. The number of hydrogen-bond acceptors (Lipinski definition) is 5. The Morgan fingerprint density at radius 2 is 1.97 bits per heavy atom. The second kappa shape index (κ2) is 7.85. The molecule has 0 spiro atoms. The minimum Gasteiger partial charge on any atom is -0.366 e. The van der Waals surface area contributed by atoms with Crippen molar-refractivity contribution in [1.82, 2.24) is 14.9 Å². The lowest BCUT2D eigenvalue weighted by atomic mass is 10.2. The smallest absolute Gasteiger partial charge is 0.175 e. The van der Waals surface area contributed by atoms with E-state index < -0.39 is 22.1 Å². The van der Waals surface area contributed by atoms with Crippen LogP contribution in [0.4, 0.5) is 4.39 Å².